The largest absolute Gasteiger partial charge is 0.491 e. The zero-order valence-corrected chi connectivity index (χ0v) is 15.6. The Morgan fingerprint density at radius 3 is 2.71 bits per heavy atom. The summed E-state index contributed by atoms with van der Waals surface area (Å²) in [4.78, 5) is 4.69. The van der Waals surface area contributed by atoms with Crippen LogP contribution in [0.2, 0.25) is 0 Å². The number of aromatic nitrogens is 2. The van der Waals surface area contributed by atoms with Crippen LogP contribution in [0.3, 0.4) is 0 Å². The molecule has 2 aromatic carbocycles. The highest BCUT2D eigenvalue weighted by Gasteiger charge is 2.11. The number of hydrogen-bond donors (Lipinski definition) is 0. The van der Waals surface area contributed by atoms with Crippen molar-refractivity contribution in [1.82, 2.24) is 9.55 Å². The van der Waals surface area contributed by atoms with Crippen molar-refractivity contribution in [3.63, 3.8) is 0 Å². The number of imidazole rings is 1. The first-order valence-electron chi connectivity index (χ1n) is 8.32. The molecule has 4 heteroatoms. The molecule has 3 aromatic rings. The minimum Gasteiger partial charge on any atom is -0.491 e. The smallest absolute Gasteiger partial charge is 0.168 e. The molecule has 1 aromatic heterocycles. The van der Waals surface area contributed by atoms with E-state index >= 15 is 0 Å². The van der Waals surface area contributed by atoms with Gasteiger partial charge in [0.15, 0.2) is 5.16 Å². The van der Waals surface area contributed by atoms with Gasteiger partial charge in [-0.25, -0.2) is 4.98 Å². The van der Waals surface area contributed by atoms with Crippen LogP contribution in [0, 0.1) is 6.92 Å². The number of hydrogen-bond acceptors (Lipinski definition) is 3. The molecule has 0 amide bonds. The Morgan fingerprint density at radius 1 is 1.17 bits per heavy atom. The maximum atomic E-state index is 6.14. The summed E-state index contributed by atoms with van der Waals surface area (Å²) in [7, 11) is 0. The fourth-order valence-electron chi connectivity index (χ4n) is 2.92. The summed E-state index contributed by atoms with van der Waals surface area (Å²) >= 11 is 1.67. The molecule has 24 heavy (non-hydrogen) atoms. The number of ether oxygens (including phenoxy) is 1. The highest BCUT2D eigenvalue weighted by atomic mass is 32.2. The first-order chi connectivity index (χ1) is 11.6. The third kappa shape index (κ3) is 3.44. The molecule has 0 unspecified atom stereocenters. The van der Waals surface area contributed by atoms with E-state index in [0.717, 1.165) is 23.0 Å². The van der Waals surface area contributed by atoms with Crippen LogP contribution in [-0.4, -0.2) is 22.4 Å². The van der Waals surface area contributed by atoms with Crippen molar-refractivity contribution >= 4 is 22.8 Å². The van der Waals surface area contributed by atoms with Gasteiger partial charge in [0.2, 0.25) is 0 Å². The standard InChI is InChI=1S/C20H24N2OS/c1-14(2)16-10-9-15(3)13-19(16)23-12-11-22-18-8-6-5-7-17(18)21-20(22)24-4/h5-10,13-14H,11-12H2,1-4H3. The molecular formula is C20H24N2OS. The first kappa shape index (κ1) is 16.9. The highest BCUT2D eigenvalue weighted by molar-refractivity contribution is 7.98. The van der Waals surface area contributed by atoms with Crippen LogP contribution < -0.4 is 4.74 Å². The van der Waals surface area contributed by atoms with Crippen LogP contribution in [0.4, 0.5) is 0 Å². The van der Waals surface area contributed by atoms with Crippen LogP contribution in [0.25, 0.3) is 11.0 Å². The molecular weight excluding hydrogens is 316 g/mol. The zero-order chi connectivity index (χ0) is 17.1. The van der Waals surface area contributed by atoms with Gasteiger partial charge in [-0.05, 0) is 48.4 Å². The normalized spacial score (nSPS) is 11.4. The van der Waals surface area contributed by atoms with Gasteiger partial charge in [-0.2, -0.15) is 0 Å². The summed E-state index contributed by atoms with van der Waals surface area (Å²) in [5.74, 6) is 1.46. The second-order valence-corrected chi connectivity index (χ2v) is 7.06. The molecule has 0 saturated heterocycles. The Hall–Kier alpha value is -1.94. The van der Waals surface area contributed by atoms with Crippen LogP contribution in [-0.2, 0) is 6.54 Å². The summed E-state index contributed by atoms with van der Waals surface area (Å²) < 4.78 is 8.38. The summed E-state index contributed by atoms with van der Waals surface area (Å²) in [6.45, 7) is 7.94. The number of rotatable bonds is 6. The minimum atomic E-state index is 0.455. The average molecular weight is 340 g/mol. The molecule has 0 spiro atoms. The molecule has 0 radical (unpaired) electrons. The van der Waals surface area contributed by atoms with Crippen molar-refractivity contribution < 1.29 is 4.74 Å². The van der Waals surface area contributed by atoms with Crippen molar-refractivity contribution in [2.24, 2.45) is 0 Å². The molecule has 0 atom stereocenters. The third-order valence-electron chi connectivity index (χ3n) is 4.17. The lowest BCUT2D eigenvalue weighted by atomic mass is 10.0. The molecule has 1 heterocycles. The van der Waals surface area contributed by atoms with Gasteiger partial charge in [-0.15, -0.1) is 0 Å². The molecule has 0 saturated carbocycles. The van der Waals surface area contributed by atoms with Gasteiger partial charge in [0.1, 0.15) is 12.4 Å². The number of aryl methyl sites for hydroxylation is 1. The number of para-hydroxylation sites is 2. The fraction of sp³-hybridized carbons (Fsp3) is 0.350. The monoisotopic (exact) mass is 340 g/mol. The van der Waals surface area contributed by atoms with Crippen LogP contribution in [0.15, 0.2) is 47.6 Å². The molecule has 3 rings (SSSR count). The second kappa shape index (κ2) is 7.31. The quantitative estimate of drug-likeness (QED) is 0.572. The van der Waals surface area contributed by atoms with Crippen molar-refractivity contribution in [3.05, 3.63) is 53.6 Å². The van der Waals surface area contributed by atoms with Gasteiger partial charge >= 0.3 is 0 Å². The molecule has 0 aliphatic carbocycles. The van der Waals surface area contributed by atoms with E-state index in [9.17, 15) is 0 Å². The maximum absolute atomic E-state index is 6.14. The van der Waals surface area contributed by atoms with Gasteiger partial charge in [0.05, 0.1) is 17.6 Å². The average Bonchev–Trinajstić information content (AvgIpc) is 2.93. The molecule has 0 N–H and O–H groups in total. The predicted octanol–water partition coefficient (Wildman–Crippen LogP) is 5.27. The lowest BCUT2D eigenvalue weighted by Crippen LogP contribution is -2.10. The summed E-state index contributed by atoms with van der Waals surface area (Å²) in [5, 5.41) is 1.04. The molecule has 3 nitrogen and oxygen atoms in total. The number of nitrogens with zero attached hydrogens (tertiary/aromatic N) is 2. The fourth-order valence-corrected chi connectivity index (χ4v) is 3.52. The highest BCUT2D eigenvalue weighted by Crippen LogP contribution is 2.28. The second-order valence-electron chi connectivity index (χ2n) is 6.28. The zero-order valence-electron chi connectivity index (χ0n) is 14.7. The first-order valence-corrected chi connectivity index (χ1v) is 9.55. The Balaban J connectivity index is 1.79. The van der Waals surface area contributed by atoms with Crippen molar-refractivity contribution in [2.75, 3.05) is 12.9 Å². The lowest BCUT2D eigenvalue weighted by Gasteiger charge is -2.15. The Labute approximate surface area is 148 Å². The van der Waals surface area contributed by atoms with E-state index in [1.807, 2.05) is 6.07 Å². The number of fused-ring (bicyclic) bond motifs is 1. The Kier molecular flexibility index (Phi) is 5.14. The number of thioether (sulfide) groups is 1. The Morgan fingerprint density at radius 2 is 1.96 bits per heavy atom. The number of benzene rings is 2. The molecule has 126 valence electrons. The SMILES string of the molecule is CSc1nc2ccccc2n1CCOc1cc(C)ccc1C(C)C. The minimum absolute atomic E-state index is 0.455. The lowest BCUT2D eigenvalue weighted by molar-refractivity contribution is 0.292. The summed E-state index contributed by atoms with van der Waals surface area (Å²) in [6.07, 6.45) is 2.07. The van der Waals surface area contributed by atoms with Gasteiger partial charge in [0, 0.05) is 0 Å². The van der Waals surface area contributed by atoms with E-state index < -0.39 is 0 Å². The van der Waals surface area contributed by atoms with Gasteiger partial charge < -0.3 is 9.30 Å². The molecule has 0 aliphatic heterocycles. The van der Waals surface area contributed by atoms with E-state index in [4.69, 9.17) is 4.74 Å². The molecule has 0 bridgehead atoms. The Bertz CT molecular complexity index is 839. The van der Waals surface area contributed by atoms with E-state index in [-0.39, 0.29) is 0 Å². The maximum Gasteiger partial charge on any atom is 0.168 e. The summed E-state index contributed by atoms with van der Waals surface area (Å²) in [6, 6.07) is 14.7. The van der Waals surface area contributed by atoms with Gasteiger partial charge in [-0.1, -0.05) is 49.9 Å². The van der Waals surface area contributed by atoms with Gasteiger partial charge in [0.25, 0.3) is 0 Å². The topological polar surface area (TPSA) is 27.1 Å². The molecule has 0 fully saturated rings. The van der Waals surface area contributed by atoms with Crippen molar-refractivity contribution in [3.8, 4) is 5.75 Å². The molecule has 0 aliphatic rings. The summed E-state index contributed by atoms with van der Waals surface area (Å²) in [5.41, 5.74) is 4.70. The van der Waals surface area contributed by atoms with E-state index in [1.165, 1.54) is 16.6 Å². The predicted molar refractivity (Wildman–Crippen MR) is 102 cm³/mol. The van der Waals surface area contributed by atoms with E-state index in [2.05, 4.69) is 73.0 Å². The van der Waals surface area contributed by atoms with E-state index in [0.29, 0.717) is 12.5 Å². The van der Waals surface area contributed by atoms with Crippen LogP contribution in [0.5, 0.6) is 5.75 Å². The van der Waals surface area contributed by atoms with Gasteiger partial charge in [-0.3, -0.25) is 0 Å². The van der Waals surface area contributed by atoms with Crippen LogP contribution in [0.1, 0.15) is 30.9 Å². The van der Waals surface area contributed by atoms with E-state index in [1.54, 1.807) is 11.8 Å². The van der Waals surface area contributed by atoms with Crippen molar-refractivity contribution in [1.29, 1.82) is 0 Å². The van der Waals surface area contributed by atoms with Crippen LogP contribution >= 0.6 is 11.8 Å². The van der Waals surface area contributed by atoms with Crippen molar-refractivity contribution in [2.45, 2.75) is 38.4 Å². The third-order valence-corrected chi connectivity index (χ3v) is 4.84.